The quantitative estimate of drug-likeness (QED) is 0.919. The molecule has 0 radical (unpaired) electrons. The van der Waals surface area contributed by atoms with E-state index in [4.69, 9.17) is 16.3 Å². The van der Waals surface area contributed by atoms with E-state index in [0.29, 0.717) is 43.6 Å². The molecule has 24 heavy (non-hydrogen) atoms. The number of nitrogens with one attached hydrogen (secondary N) is 1. The molecule has 0 unspecified atom stereocenters. The number of halogens is 1. The van der Waals surface area contributed by atoms with Crippen molar-refractivity contribution in [2.75, 3.05) is 31.6 Å². The predicted octanol–water partition coefficient (Wildman–Crippen LogP) is 2.27. The number of benzene rings is 1. The van der Waals surface area contributed by atoms with Gasteiger partial charge in [-0.25, -0.2) is 9.97 Å². The van der Waals surface area contributed by atoms with Crippen molar-refractivity contribution in [3.05, 3.63) is 41.2 Å². The SMILES string of the molecule is COCc1cc(-c2cnc(N3CCNC(=O)CC3)nc2)ccc1Cl. The smallest absolute Gasteiger partial charge is 0.225 e. The van der Waals surface area contributed by atoms with Crippen molar-refractivity contribution in [1.29, 1.82) is 0 Å². The van der Waals surface area contributed by atoms with Crippen LogP contribution in [0.1, 0.15) is 12.0 Å². The van der Waals surface area contributed by atoms with Gasteiger partial charge in [0.2, 0.25) is 11.9 Å². The average molecular weight is 347 g/mol. The number of aromatic nitrogens is 2. The molecule has 0 aliphatic carbocycles. The summed E-state index contributed by atoms with van der Waals surface area (Å²) >= 11 is 6.17. The van der Waals surface area contributed by atoms with Crippen LogP contribution in [0.3, 0.4) is 0 Å². The highest BCUT2D eigenvalue weighted by Gasteiger charge is 2.16. The van der Waals surface area contributed by atoms with Gasteiger partial charge in [-0.05, 0) is 23.3 Å². The lowest BCUT2D eigenvalue weighted by atomic mass is 10.1. The van der Waals surface area contributed by atoms with Gasteiger partial charge in [0.05, 0.1) is 6.61 Å². The van der Waals surface area contributed by atoms with Gasteiger partial charge in [-0.3, -0.25) is 4.79 Å². The van der Waals surface area contributed by atoms with E-state index in [1.807, 2.05) is 23.1 Å². The minimum absolute atomic E-state index is 0.0703. The summed E-state index contributed by atoms with van der Waals surface area (Å²) in [5.74, 6) is 0.710. The molecule has 126 valence electrons. The zero-order chi connectivity index (χ0) is 16.9. The molecule has 0 bridgehead atoms. The molecule has 3 rings (SSSR count). The van der Waals surface area contributed by atoms with Crippen LogP contribution in [0.5, 0.6) is 0 Å². The second kappa shape index (κ2) is 7.59. The number of amides is 1. The number of hydrogen-bond acceptors (Lipinski definition) is 5. The summed E-state index contributed by atoms with van der Waals surface area (Å²) < 4.78 is 5.16. The lowest BCUT2D eigenvalue weighted by Crippen LogP contribution is -2.29. The molecule has 0 atom stereocenters. The van der Waals surface area contributed by atoms with Crippen LogP contribution in [-0.2, 0) is 16.1 Å². The van der Waals surface area contributed by atoms with Gasteiger partial charge < -0.3 is 15.0 Å². The summed E-state index contributed by atoms with van der Waals surface area (Å²) in [6.07, 6.45) is 4.05. The van der Waals surface area contributed by atoms with E-state index in [1.165, 1.54) is 0 Å². The van der Waals surface area contributed by atoms with Crippen LogP contribution in [0, 0.1) is 0 Å². The van der Waals surface area contributed by atoms with E-state index in [-0.39, 0.29) is 5.91 Å². The number of carbonyl (C=O) groups is 1. The summed E-state index contributed by atoms with van der Waals surface area (Å²) in [5.41, 5.74) is 2.83. The highest BCUT2D eigenvalue weighted by atomic mass is 35.5. The number of methoxy groups -OCH3 is 1. The van der Waals surface area contributed by atoms with E-state index in [9.17, 15) is 4.79 Å². The first-order chi connectivity index (χ1) is 11.7. The maximum atomic E-state index is 11.4. The molecule has 1 aromatic carbocycles. The number of ether oxygens (including phenoxy) is 1. The van der Waals surface area contributed by atoms with Gasteiger partial charge in [-0.15, -0.1) is 0 Å². The van der Waals surface area contributed by atoms with Gasteiger partial charge in [0.1, 0.15) is 0 Å². The fraction of sp³-hybridized carbons (Fsp3) is 0.353. The van der Waals surface area contributed by atoms with Crippen molar-refractivity contribution < 1.29 is 9.53 Å². The Morgan fingerprint density at radius 3 is 2.79 bits per heavy atom. The third-order valence-electron chi connectivity index (χ3n) is 3.91. The number of anilines is 1. The Balaban J connectivity index is 1.79. The number of carbonyl (C=O) groups excluding carboxylic acids is 1. The second-order valence-corrected chi connectivity index (χ2v) is 6.01. The van der Waals surface area contributed by atoms with Gasteiger partial charge in [-0.1, -0.05) is 17.7 Å². The van der Waals surface area contributed by atoms with E-state index < -0.39 is 0 Å². The first-order valence-corrected chi connectivity index (χ1v) is 8.16. The predicted molar refractivity (Wildman–Crippen MR) is 93.0 cm³/mol. The van der Waals surface area contributed by atoms with Crippen molar-refractivity contribution in [3.8, 4) is 11.1 Å². The van der Waals surface area contributed by atoms with Gasteiger partial charge in [0.15, 0.2) is 0 Å². The van der Waals surface area contributed by atoms with Crippen molar-refractivity contribution in [2.45, 2.75) is 13.0 Å². The molecule has 0 saturated carbocycles. The molecule has 1 fully saturated rings. The largest absolute Gasteiger partial charge is 0.380 e. The van der Waals surface area contributed by atoms with Crippen LogP contribution in [-0.4, -0.2) is 42.6 Å². The van der Waals surface area contributed by atoms with Crippen LogP contribution < -0.4 is 10.2 Å². The normalized spacial score (nSPS) is 15.1. The molecule has 1 N–H and O–H groups in total. The van der Waals surface area contributed by atoms with Crippen molar-refractivity contribution in [2.24, 2.45) is 0 Å². The number of nitrogens with zero attached hydrogens (tertiary/aromatic N) is 3. The van der Waals surface area contributed by atoms with Crippen molar-refractivity contribution in [1.82, 2.24) is 15.3 Å². The molecule has 1 aliphatic heterocycles. The average Bonchev–Trinajstić information content (AvgIpc) is 2.82. The molecule has 7 heteroatoms. The standard InChI is InChI=1S/C17H19ClN4O2/c1-24-11-13-8-12(2-3-15(13)18)14-9-20-17(21-10-14)22-6-4-16(23)19-5-7-22/h2-3,8-10H,4-7,11H2,1H3,(H,19,23). The van der Waals surface area contributed by atoms with E-state index in [0.717, 1.165) is 16.7 Å². The summed E-state index contributed by atoms with van der Waals surface area (Å²) in [5, 5.41) is 3.52. The molecule has 1 amide bonds. The monoisotopic (exact) mass is 346 g/mol. The Hall–Kier alpha value is -2.18. The molecule has 2 heterocycles. The lowest BCUT2D eigenvalue weighted by Gasteiger charge is -2.19. The summed E-state index contributed by atoms with van der Waals surface area (Å²) in [6, 6.07) is 5.78. The topological polar surface area (TPSA) is 67.3 Å². The maximum Gasteiger partial charge on any atom is 0.225 e. The highest BCUT2D eigenvalue weighted by Crippen LogP contribution is 2.25. The second-order valence-electron chi connectivity index (χ2n) is 5.60. The van der Waals surface area contributed by atoms with Crippen LogP contribution in [0.2, 0.25) is 5.02 Å². The first-order valence-electron chi connectivity index (χ1n) is 7.79. The molecule has 1 aromatic heterocycles. The van der Waals surface area contributed by atoms with E-state index in [1.54, 1.807) is 19.5 Å². The Morgan fingerprint density at radius 1 is 1.25 bits per heavy atom. The lowest BCUT2D eigenvalue weighted by molar-refractivity contribution is -0.120. The Bertz CT molecular complexity index is 721. The van der Waals surface area contributed by atoms with Crippen molar-refractivity contribution in [3.63, 3.8) is 0 Å². The Labute approximate surface area is 145 Å². The van der Waals surface area contributed by atoms with Gasteiger partial charge in [0, 0.05) is 56.1 Å². The fourth-order valence-corrected chi connectivity index (χ4v) is 2.79. The first kappa shape index (κ1) is 16.7. The third-order valence-corrected chi connectivity index (χ3v) is 4.28. The van der Waals surface area contributed by atoms with Gasteiger partial charge in [-0.2, -0.15) is 0 Å². The minimum Gasteiger partial charge on any atom is -0.380 e. The van der Waals surface area contributed by atoms with Crippen molar-refractivity contribution >= 4 is 23.5 Å². The van der Waals surface area contributed by atoms with Gasteiger partial charge in [0.25, 0.3) is 0 Å². The summed E-state index contributed by atoms with van der Waals surface area (Å²) in [7, 11) is 1.64. The van der Waals surface area contributed by atoms with Gasteiger partial charge >= 0.3 is 0 Å². The highest BCUT2D eigenvalue weighted by molar-refractivity contribution is 6.31. The van der Waals surface area contributed by atoms with E-state index >= 15 is 0 Å². The zero-order valence-electron chi connectivity index (χ0n) is 13.5. The molecule has 2 aromatic rings. The van der Waals surface area contributed by atoms with E-state index in [2.05, 4.69) is 15.3 Å². The number of rotatable bonds is 4. The van der Waals surface area contributed by atoms with Crippen LogP contribution >= 0.6 is 11.6 Å². The molecule has 1 aliphatic rings. The third kappa shape index (κ3) is 3.83. The Kier molecular flexibility index (Phi) is 5.27. The van der Waals surface area contributed by atoms with Crippen LogP contribution in [0.4, 0.5) is 5.95 Å². The number of hydrogen-bond donors (Lipinski definition) is 1. The minimum atomic E-state index is 0.0703. The molecule has 0 spiro atoms. The Morgan fingerprint density at radius 2 is 2.04 bits per heavy atom. The molecular formula is C17H19ClN4O2. The maximum absolute atomic E-state index is 11.4. The molecule has 6 nitrogen and oxygen atoms in total. The zero-order valence-corrected chi connectivity index (χ0v) is 14.2. The molecular weight excluding hydrogens is 328 g/mol. The van der Waals surface area contributed by atoms with Crippen LogP contribution in [0.15, 0.2) is 30.6 Å². The summed E-state index contributed by atoms with van der Waals surface area (Å²) in [6.45, 7) is 2.41. The fourth-order valence-electron chi connectivity index (χ4n) is 2.62. The van der Waals surface area contributed by atoms with Crippen LogP contribution in [0.25, 0.3) is 11.1 Å². The summed E-state index contributed by atoms with van der Waals surface area (Å²) in [4.78, 5) is 22.3. The molecule has 1 saturated heterocycles.